The first-order valence-electron chi connectivity index (χ1n) is 7.61. The number of hydrazine groups is 2. The molecule has 0 spiro atoms. The molecule has 130 valence electrons. The van der Waals surface area contributed by atoms with Crippen LogP contribution >= 0.6 is 0 Å². The summed E-state index contributed by atoms with van der Waals surface area (Å²) < 4.78 is 5.36. The number of carbonyl (C=O) groups is 2. The zero-order chi connectivity index (χ0) is 17.2. The largest absolute Gasteiger partial charge is 0.391 e. The average Bonchev–Trinajstić information content (AvgIpc) is 2.49. The van der Waals surface area contributed by atoms with Gasteiger partial charge in [-0.1, -0.05) is 33.6 Å². The molecule has 8 nitrogen and oxygen atoms in total. The minimum Gasteiger partial charge on any atom is -0.391 e. The summed E-state index contributed by atoms with van der Waals surface area (Å²) in [6.07, 6.45) is 0.594. The van der Waals surface area contributed by atoms with E-state index in [1.54, 1.807) is 0 Å². The van der Waals surface area contributed by atoms with Gasteiger partial charge in [-0.2, -0.15) is 0 Å². The molecule has 0 saturated heterocycles. The molecule has 8 heteroatoms. The number of nitrogens with one attached hydrogen (secondary N) is 2. The molecule has 0 aliphatic rings. The zero-order valence-electron chi connectivity index (χ0n) is 13.7. The van der Waals surface area contributed by atoms with Gasteiger partial charge in [0, 0.05) is 6.61 Å². The van der Waals surface area contributed by atoms with E-state index in [0.29, 0.717) is 18.9 Å². The predicted octanol–water partition coefficient (Wildman–Crippen LogP) is -0.434. The third-order valence-corrected chi connectivity index (χ3v) is 3.43. The number of nitrogens with two attached hydrogens (primary N) is 2. The maximum absolute atomic E-state index is 12.2. The lowest BCUT2D eigenvalue weighted by Gasteiger charge is -2.31. The van der Waals surface area contributed by atoms with E-state index in [9.17, 15) is 14.7 Å². The molecule has 1 atom stereocenters. The topological polar surface area (TPSA) is 140 Å². The highest BCUT2D eigenvalue weighted by Crippen LogP contribution is 2.31. The summed E-state index contributed by atoms with van der Waals surface area (Å²) in [5.74, 6) is 9.42. The first kappa shape index (κ1) is 20.8. The van der Waals surface area contributed by atoms with Gasteiger partial charge in [0.15, 0.2) is 0 Å². The predicted molar refractivity (Wildman–Crippen MR) is 82.9 cm³/mol. The average molecular weight is 318 g/mol. The van der Waals surface area contributed by atoms with Crippen molar-refractivity contribution in [2.45, 2.75) is 52.6 Å². The van der Waals surface area contributed by atoms with Gasteiger partial charge in [-0.3, -0.25) is 20.4 Å². The number of amides is 2. The van der Waals surface area contributed by atoms with Gasteiger partial charge in [-0.15, -0.1) is 0 Å². The third-order valence-electron chi connectivity index (χ3n) is 3.43. The number of unbranched alkanes of at least 4 members (excludes halogenated alkanes) is 1. The maximum Gasteiger partial charge on any atom is 0.249 e. The van der Waals surface area contributed by atoms with Gasteiger partial charge >= 0.3 is 0 Å². The van der Waals surface area contributed by atoms with Gasteiger partial charge < -0.3 is 9.84 Å². The Morgan fingerprint density at radius 2 is 1.73 bits per heavy atom. The van der Waals surface area contributed by atoms with Crippen LogP contribution in [0.5, 0.6) is 0 Å². The Morgan fingerprint density at radius 3 is 2.14 bits per heavy atom. The lowest BCUT2D eigenvalue weighted by molar-refractivity contribution is -0.147. The number of hydrogen-bond acceptors (Lipinski definition) is 6. The van der Waals surface area contributed by atoms with Crippen molar-refractivity contribution in [1.82, 2.24) is 10.9 Å². The van der Waals surface area contributed by atoms with Crippen LogP contribution in [-0.4, -0.2) is 36.2 Å². The van der Waals surface area contributed by atoms with Crippen molar-refractivity contribution < 1.29 is 19.4 Å². The van der Waals surface area contributed by atoms with Crippen molar-refractivity contribution in [3.05, 3.63) is 0 Å². The van der Waals surface area contributed by atoms with E-state index in [-0.39, 0.29) is 19.4 Å². The molecule has 0 aromatic carbocycles. The number of hydrogen-bond donors (Lipinski definition) is 5. The molecule has 2 amide bonds. The molecule has 22 heavy (non-hydrogen) atoms. The molecule has 0 bridgehead atoms. The first-order chi connectivity index (χ1) is 10.3. The molecule has 0 aliphatic carbocycles. The summed E-state index contributed by atoms with van der Waals surface area (Å²) in [7, 11) is 0. The summed E-state index contributed by atoms with van der Waals surface area (Å²) in [5.41, 5.74) is 2.51. The van der Waals surface area contributed by atoms with Crippen LogP contribution in [0.3, 0.4) is 0 Å². The fourth-order valence-electron chi connectivity index (χ4n) is 2.27. The lowest BCUT2D eigenvalue weighted by atomic mass is 9.76. The minimum absolute atomic E-state index is 0.0434. The highest BCUT2D eigenvalue weighted by molar-refractivity contribution is 6.04. The van der Waals surface area contributed by atoms with Crippen LogP contribution in [0.4, 0.5) is 0 Å². The Labute approximate surface area is 131 Å². The van der Waals surface area contributed by atoms with Crippen LogP contribution in [0.25, 0.3) is 0 Å². The number of ether oxygens (including phenoxy) is 1. The molecular weight excluding hydrogens is 288 g/mol. The van der Waals surface area contributed by atoms with Crippen molar-refractivity contribution in [3.63, 3.8) is 0 Å². The fourth-order valence-corrected chi connectivity index (χ4v) is 2.27. The summed E-state index contributed by atoms with van der Waals surface area (Å²) in [4.78, 5) is 24.3. The van der Waals surface area contributed by atoms with Gasteiger partial charge in [-0.05, 0) is 18.8 Å². The highest BCUT2D eigenvalue weighted by atomic mass is 16.5. The standard InChI is InChI=1S/C14H30N4O4/c1-4-5-6-14(12(20)17-15,13(21)18-16)7-11(19)9-22-8-10(2)3/h10-11,19H,4-9,15-16H2,1-3H3,(H,17,20)(H,18,21)/t11-/m1/s1. The summed E-state index contributed by atoms with van der Waals surface area (Å²) >= 11 is 0. The van der Waals surface area contributed by atoms with E-state index in [1.807, 2.05) is 31.6 Å². The molecule has 0 aromatic rings. The summed E-state index contributed by atoms with van der Waals surface area (Å²) in [5, 5.41) is 10.1. The summed E-state index contributed by atoms with van der Waals surface area (Å²) in [6.45, 7) is 6.45. The maximum atomic E-state index is 12.2. The number of carbonyl (C=O) groups excluding carboxylic acids is 2. The molecule has 7 N–H and O–H groups in total. The molecule has 0 rings (SSSR count). The van der Waals surface area contributed by atoms with Gasteiger partial charge in [0.2, 0.25) is 11.8 Å². The monoisotopic (exact) mass is 318 g/mol. The third kappa shape index (κ3) is 6.27. The van der Waals surface area contributed by atoms with Crippen molar-refractivity contribution in [2.75, 3.05) is 13.2 Å². The van der Waals surface area contributed by atoms with Crippen molar-refractivity contribution in [3.8, 4) is 0 Å². The Balaban J connectivity index is 5.02. The van der Waals surface area contributed by atoms with Crippen molar-refractivity contribution in [2.24, 2.45) is 23.0 Å². The first-order valence-corrected chi connectivity index (χ1v) is 7.61. The van der Waals surface area contributed by atoms with E-state index in [2.05, 4.69) is 0 Å². The highest BCUT2D eigenvalue weighted by Gasteiger charge is 2.46. The lowest BCUT2D eigenvalue weighted by Crippen LogP contribution is -2.56. The Bertz CT molecular complexity index is 334. The second kappa shape index (κ2) is 10.5. The van der Waals surface area contributed by atoms with Crippen LogP contribution < -0.4 is 22.5 Å². The van der Waals surface area contributed by atoms with Crippen LogP contribution in [0.1, 0.15) is 46.5 Å². The number of rotatable bonds is 11. The number of aliphatic hydroxyl groups excluding tert-OH is 1. The Hall–Kier alpha value is -1.22. The van der Waals surface area contributed by atoms with Gasteiger partial charge in [-0.25, -0.2) is 11.7 Å². The second-order valence-electron chi connectivity index (χ2n) is 5.92. The molecule has 0 radical (unpaired) electrons. The molecule has 0 aliphatic heterocycles. The SMILES string of the molecule is CCCCC(C[C@@H](O)COCC(C)C)(C(=O)NN)C(=O)NN. The van der Waals surface area contributed by atoms with Crippen LogP contribution in [0, 0.1) is 11.3 Å². The van der Waals surface area contributed by atoms with Crippen LogP contribution in [0.2, 0.25) is 0 Å². The molecule has 0 unspecified atom stereocenters. The van der Waals surface area contributed by atoms with Crippen LogP contribution in [0.15, 0.2) is 0 Å². The van der Waals surface area contributed by atoms with Gasteiger partial charge in [0.25, 0.3) is 0 Å². The molecule has 0 fully saturated rings. The normalized spacial score (nSPS) is 13.0. The zero-order valence-corrected chi connectivity index (χ0v) is 13.7. The quantitative estimate of drug-likeness (QED) is 0.151. The number of aliphatic hydroxyl groups is 1. The molecule has 0 heterocycles. The van der Waals surface area contributed by atoms with Crippen LogP contribution in [-0.2, 0) is 14.3 Å². The van der Waals surface area contributed by atoms with E-state index >= 15 is 0 Å². The smallest absolute Gasteiger partial charge is 0.249 e. The Morgan fingerprint density at radius 1 is 1.18 bits per heavy atom. The fraction of sp³-hybridized carbons (Fsp3) is 0.857. The molecule has 0 aromatic heterocycles. The second-order valence-corrected chi connectivity index (χ2v) is 5.92. The van der Waals surface area contributed by atoms with Crippen molar-refractivity contribution in [1.29, 1.82) is 0 Å². The van der Waals surface area contributed by atoms with E-state index in [4.69, 9.17) is 16.4 Å². The Kier molecular flexibility index (Phi) is 9.91. The van der Waals surface area contributed by atoms with Gasteiger partial charge in [0.1, 0.15) is 5.41 Å². The van der Waals surface area contributed by atoms with E-state index < -0.39 is 23.3 Å². The van der Waals surface area contributed by atoms with Crippen molar-refractivity contribution >= 4 is 11.8 Å². The van der Waals surface area contributed by atoms with Gasteiger partial charge in [0.05, 0.1) is 12.7 Å². The molecule has 0 saturated carbocycles. The molecular formula is C14H30N4O4. The van der Waals surface area contributed by atoms with E-state index in [0.717, 1.165) is 6.42 Å². The van der Waals surface area contributed by atoms with E-state index in [1.165, 1.54) is 0 Å². The minimum atomic E-state index is -1.50. The summed E-state index contributed by atoms with van der Waals surface area (Å²) in [6, 6.07) is 0.